The van der Waals surface area contributed by atoms with E-state index in [0.717, 1.165) is 11.1 Å². The van der Waals surface area contributed by atoms with E-state index in [1.54, 1.807) is 30.3 Å². The summed E-state index contributed by atoms with van der Waals surface area (Å²) in [7, 11) is -7.52. The molecule has 0 unspecified atom stereocenters. The molecule has 0 radical (unpaired) electrons. The molecule has 6 N–H and O–H groups in total. The number of nitrogens with one attached hydrogen (secondary N) is 2. The number of amides is 2. The van der Waals surface area contributed by atoms with Crippen molar-refractivity contribution < 1.29 is 26.4 Å². The van der Waals surface area contributed by atoms with E-state index in [4.69, 9.17) is 10.3 Å². The SMILES string of the molecule is NS(=O)(=O)c1ccc(CCNC(=O)c2cccc(C(=O)NCCc3ccc(S(N)(=O)=O)cc3)n2)cc1. The topological polar surface area (TPSA) is 191 Å². The third kappa shape index (κ3) is 7.68. The van der Waals surface area contributed by atoms with Gasteiger partial charge in [-0.3, -0.25) is 9.59 Å². The molecule has 13 heteroatoms. The number of rotatable bonds is 10. The van der Waals surface area contributed by atoms with Crippen molar-refractivity contribution in [2.75, 3.05) is 13.1 Å². The maximum absolute atomic E-state index is 12.4. The highest BCUT2D eigenvalue weighted by Crippen LogP contribution is 2.10. The summed E-state index contributed by atoms with van der Waals surface area (Å²) in [6.45, 7) is 0.547. The van der Waals surface area contributed by atoms with Gasteiger partial charge in [0.15, 0.2) is 0 Å². The molecule has 0 saturated heterocycles. The number of carbonyl (C=O) groups is 2. The predicted octanol–water partition coefficient (Wildman–Crippen LogP) is 0.321. The van der Waals surface area contributed by atoms with Crippen LogP contribution >= 0.6 is 0 Å². The van der Waals surface area contributed by atoms with Gasteiger partial charge in [0.1, 0.15) is 11.4 Å². The molecule has 36 heavy (non-hydrogen) atoms. The molecule has 11 nitrogen and oxygen atoms in total. The highest BCUT2D eigenvalue weighted by molar-refractivity contribution is 7.89. The van der Waals surface area contributed by atoms with E-state index in [-0.39, 0.29) is 34.3 Å². The van der Waals surface area contributed by atoms with Crippen LogP contribution in [-0.4, -0.2) is 46.7 Å². The fourth-order valence-electron chi connectivity index (χ4n) is 3.20. The first-order valence-electron chi connectivity index (χ1n) is 10.7. The lowest BCUT2D eigenvalue weighted by Gasteiger charge is -2.08. The third-order valence-electron chi connectivity index (χ3n) is 5.12. The molecule has 0 spiro atoms. The van der Waals surface area contributed by atoms with Crippen LogP contribution in [0.3, 0.4) is 0 Å². The van der Waals surface area contributed by atoms with Crippen LogP contribution in [0.25, 0.3) is 0 Å². The second kappa shape index (κ2) is 11.4. The first-order valence-corrected chi connectivity index (χ1v) is 13.8. The van der Waals surface area contributed by atoms with E-state index in [0.29, 0.717) is 12.8 Å². The summed E-state index contributed by atoms with van der Waals surface area (Å²) in [6, 6.07) is 16.6. The number of hydrogen-bond acceptors (Lipinski definition) is 7. The summed E-state index contributed by atoms with van der Waals surface area (Å²) in [5.74, 6) is -0.915. The number of benzene rings is 2. The Hall–Kier alpha value is -3.65. The van der Waals surface area contributed by atoms with Crippen molar-refractivity contribution >= 4 is 31.9 Å². The fraction of sp³-hybridized carbons (Fsp3) is 0.174. The van der Waals surface area contributed by atoms with Crippen LogP contribution in [0, 0.1) is 0 Å². The number of pyridine rings is 1. The minimum atomic E-state index is -3.76. The van der Waals surface area contributed by atoms with Gasteiger partial charge < -0.3 is 10.6 Å². The zero-order valence-electron chi connectivity index (χ0n) is 19.0. The Morgan fingerprint density at radius 1 is 0.639 bits per heavy atom. The molecule has 0 saturated carbocycles. The summed E-state index contributed by atoms with van der Waals surface area (Å²) >= 11 is 0. The lowest BCUT2D eigenvalue weighted by atomic mass is 10.1. The van der Waals surface area contributed by atoms with Gasteiger partial charge in [0, 0.05) is 13.1 Å². The Balaban J connectivity index is 1.49. The van der Waals surface area contributed by atoms with Crippen LogP contribution in [0.4, 0.5) is 0 Å². The van der Waals surface area contributed by atoms with E-state index in [1.807, 2.05) is 0 Å². The Morgan fingerprint density at radius 2 is 1.00 bits per heavy atom. The third-order valence-corrected chi connectivity index (χ3v) is 6.98. The summed E-state index contributed by atoms with van der Waals surface area (Å²) < 4.78 is 45.2. The van der Waals surface area contributed by atoms with Crippen molar-refractivity contribution in [1.29, 1.82) is 0 Å². The first kappa shape index (κ1) is 26.9. The Kier molecular flexibility index (Phi) is 8.53. The summed E-state index contributed by atoms with van der Waals surface area (Å²) in [5, 5.41) is 15.6. The van der Waals surface area contributed by atoms with Gasteiger partial charge in [0.2, 0.25) is 20.0 Å². The van der Waals surface area contributed by atoms with Crippen LogP contribution < -0.4 is 20.9 Å². The van der Waals surface area contributed by atoms with Crippen LogP contribution in [-0.2, 0) is 32.9 Å². The maximum Gasteiger partial charge on any atom is 0.269 e. The lowest BCUT2D eigenvalue weighted by Crippen LogP contribution is -2.29. The molecule has 0 aliphatic heterocycles. The second-order valence-electron chi connectivity index (χ2n) is 7.80. The van der Waals surface area contributed by atoms with Gasteiger partial charge in [0.25, 0.3) is 11.8 Å². The molecule has 0 atom stereocenters. The van der Waals surface area contributed by atoms with Crippen molar-refractivity contribution in [3.8, 4) is 0 Å². The van der Waals surface area contributed by atoms with E-state index < -0.39 is 31.9 Å². The molecule has 190 valence electrons. The summed E-state index contributed by atoms with van der Waals surface area (Å²) in [5.41, 5.74) is 1.77. The van der Waals surface area contributed by atoms with E-state index in [9.17, 15) is 26.4 Å². The van der Waals surface area contributed by atoms with Crippen LogP contribution in [0.1, 0.15) is 32.1 Å². The first-order chi connectivity index (χ1) is 16.9. The molecule has 2 aromatic carbocycles. The van der Waals surface area contributed by atoms with Gasteiger partial charge in [-0.1, -0.05) is 30.3 Å². The number of nitrogens with two attached hydrogens (primary N) is 2. The van der Waals surface area contributed by atoms with Gasteiger partial charge in [-0.05, 0) is 60.4 Å². The average molecular weight is 532 g/mol. The number of primary sulfonamides is 2. The number of sulfonamides is 2. The molecular weight excluding hydrogens is 506 g/mol. The largest absolute Gasteiger partial charge is 0.350 e. The summed E-state index contributed by atoms with van der Waals surface area (Å²) in [4.78, 5) is 29.0. The highest BCUT2D eigenvalue weighted by atomic mass is 32.2. The zero-order chi connectivity index (χ0) is 26.3. The minimum Gasteiger partial charge on any atom is -0.350 e. The van der Waals surface area contributed by atoms with Crippen molar-refractivity contribution in [3.05, 3.63) is 89.2 Å². The second-order valence-corrected chi connectivity index (χ2v) is 10.9. The smallest absolute Gasteiger partial charge is 0.269 e. The average Bonchev–Trinajstić information content (AvgIpc) is 2.83. The number of hydrogen-bond donors (Lipinski definition) is 4. The Morgan fingerprint density at radius 3 is 1.33 bits per heavy atom. The highest BCUT2D eigenvalue weighted by Gasteiger charge is 2.13. The maximum atomic E-state index is 12.4. The van der Waals surface area contributed by atoms with Crippen LogP contribution in [0.15, 0.2) is 76.5 Å². The molecule has 0 aliphatic rings. The van der Waals surface area contributed by atoms with E-state index >= 15 is 0 Å². The van der Waals surface area contributed by atoms with Crippen LogP contribution in [0.5, 0.6) is 0 Å². The lowest BCUT2D eigenvalue weighted by molar-refractivity contribution is 0.0945. The normalized spacial score (nSPS) is 11.6. The van der Waals surface area contributed by atoms with E-state index in [2.05, 4.69) is 15.6 Å². The molecule has 2 amide bonds. The van der Waals surface area contributed by atoms with Crippen molar-refractivity contribution in [2.24, 2.45) is 10.3 Å². The Labute approximate surface area is 209 Å². The van der Waals surface area contributed by atoms with Gasteiger partial charge in [-0.15, -0.1) is 0 Å². The van der Waals surface area contributed by atoms with Crippen molar-refractivity contribution in [1.82, 2.24) is 15.6 Å². The molecule has 0 bridgehead atoms. The van der Waals surface area contributed by atoms with Crippen molar-refractivity contribution in [3.63, 3.8) is 0 Å². The molecular formula is C23H25N5O6S2. The molecule has 1 heterocycles. The summed E-state index contributed by atoms with van der Waals surface area (Å²) in [6.07, 6.45) is 0.907. The fourth-order valence-corrected chi connectivity index (χ4v) is 4.23. The zero-order valence-corrected chi connectivity index (χ0v) is 20.7. The quantitative estimate of drug-likeness (QED) is 0.289. The van der Waals surface area contributed by atoms with Crippen LogP contribution in [0.2, 0.25) is 0 Å². The molecule has 0 fully saturated rings. The molecule has 3 rings (SSSR count). The van der Waals surface area contributed by atoms with Crippen molar-refractivity contribution in [2.45, 2.75) is 22.6 Å². The van der Waals surface area contributed by atoms with Gasteiger partial charge in [-0.25, -0.2) is 32.1 Å². The van der Waals surface area contributed by atoms with Gasteiger partial charge >= 0.3 is 0 Å². The Bertz CT molecular complexity index is 1350. The van der Waals surface area contributed by atoms with Gasteiger partial charge in [0.05, 0.1) is 9.79 Å². The molecule has 3 aromatic rings. The standard InChI is InChI=1S/C23H25N5O6S2/c24-35(31,32)18-8-4-16(5-9-18)12-14-26-22(29)20-2-1-3-21(28-20)23(30)27-15-13-17-6-10-19(11-7-17)36(25,33)34/h1-11H,12-15H2,(H,26,29)(H,27,30)(H2,24,31,32)(H2,25,33,34). The predicted molar refractivity (Wildman–Crippen MR) is 132 cm³/mol. The number of nitrogens with zero attached hydrogens (tertiary/aromatic N) is 1. The molecule has 0 aliphatic carbocycles. The van der Waals surface area contributed by atoms with E-state index in [1.165, 1.54) is 36.4 Å². The van der Waals surface area contributed by atoms with Gasteiger partial charge in [-0.2, -0.15) is 0 Å². The number of aromatic nitrogens is 1. The number of carbonyl (C=O) groups excluding carboxylic acids is 2. The monoisotopic (exact) mass is 531 g/mol. The minimum absolute atomic E-state index is 0.00883. The molecule has 1 aromatic heterocycles.